The van der Waals surface area contributed by atoms with Crippen molar-refractivity contribution in [3.05, 3.63) is 35.6 Å². The van der Waals surface area contributed by atoms with Gasteiger partial charge >= 0.3 is 0 Å². The minimum Gasteiger partial charge on any atom is -0.378 e. The van der Waals surface area contributed by atoms with Gasteiger partial charge < -0.3 is 10.1 Å². The third kappa shape index (κ3) is 3.03. The van der Waals surface area contributed by atoms with E-state index < -0.39 is 0 Å². The van der Waals surface area contributed by atoms with E-state index >= 15 is 0 Å². The van der Waals surface area contributed by atoms with E-state index in [-0.39, 0.29) is 5.82 Å². The summed E-state index contributed by atoms with van der Waals surface area (Å²) in [7, 11) is 0. The predicted molar refractivity (Wildman–Crippen MR) is 61.6 cm³/mol. The Kier molecular flexibility index (Phi) is 3.91. The summed E-state index contributed by atoms with van der Waals surface area (Å²) in [5, 5.41) is 3.39. The summed E-state index contributed by atoms with van der Waals surface area (Å²) in [4.78, 5) is 0. The normalized spacial score (nSPS) is 24.9. The number of benzene rings is 1. The Morgan fingerprint density at radius 2 is 2.12 bits per heavy atom. The Bertz CT molecular complexity index is 325. The lowest BCUT2D eigenvalue weighted by molar-refractivity contribution is 0.105. The quantitative estimate of drug-likeness (QED) is 0.846. The van der Waals surface area contributed by atoms with E-state index in [0.29, 0.717) is 12.0 Å². The van der Waals surface area contributed by atoms with Crippen LogP contribution >= 0.6 is 0 Å². The van der Waals surface area contributed by atoms with Crippen LogP contribution in [-0.4, -0.2) is 19.3 Å². The third-order valence-corrected chi connectivity index (χ3v) is 3.18. The summed E-state index contributed by atoms with van der Waals surface area (Å²) >= 11 is 0. The highest BCUT2D eigenvalue weighted by atomic mass is 19.1. The second-order valence-electron chi connectivity index (χ2n) is 4.38. The fourth-order valence-electron chi connectivity index (χ4n) is 2.05. The van der Waals surface area contributed by atoms with Crippen LogP contribution < -0.4 is 5.32 Å². The van der Waals surface area contributed by atoms with Crippen molar-refractivity contribution in [2.45, 2.75) is 26.0 Å². The predicted octanol–water partition coefficient (Wildman–Crippen LogP) is 2.34. The molecule has 2 unspecified atom stereocenters. The molecule has 2 nitrogen and oxygen atoms in total. The highest BCUT2D eigenvalue weighted by Gasteiger charge is 2.23. The van der Waals surface area contributed by atoms with Crippen LogP contribution in [0.1, 0.15) is 18.9 Å². The van der Waals surface area contributed by atoms with E-state index in [0.717, 1.165) is 31.7 Å². The minimum atomic E-state index is -0.179. The molecule has 1 aliphatic heterocycles. The fourth-order valence-corrected chi connectivity index (χ4v) is 2.05. The molecule has 1 aromatic rings. The van der Waals surface area contributed by atoms with Gasteiger partial charge in [0.25, 0.3) is 0 Å². The van der Waals surface area contributed by atoms with Gasteiger partial charge in [-0.2, -0.15) is 0 Å². The van der Waals surface area contributed by atoms with Crippen LogP contribution in [-0.2, 0) is 11.3 Å². The van der Waals surface area contributed by atoms with Gasteiger partial charge in [-0.15, -0.1) is 0 Å². The number of halogens is 1. The lowest BCUT2D eigenvalue weighted by Crippen LogP contribution is -2.26. The summed E-state index contributed by atoms with van der Waals surface area (Å²) in [6, 6.07) is 6.63. The molecule has 0 saturated carbocycles. The van der Waals surface area contributed by atoms with Crippen LogP contribution in [0.4, 0.5) is 4.39 Å². The number of hydrogen-bond acceptors (Lipinski definition) is 2. The van der Waals surface area contributed by atoms with Crippen molar-refractivity contribution in [1.82, 2.24) is 5.32 Å². The minimum absolute atomic E-state index is 0.179. The zero-order valence-electron chi connectivity index (χ0n) is 9.58. The number of hydrogen-bond donors (Lipinski definition) is 1. The van der Waals surface area contributed by atoms with Gasteiger partial charge in [0.05, 0.1) is 6.10 Å². The second kappa shape index (κ2) is 5.41. The van der Waals surface area contributed by atoms with Crippen molar-refractivity contribution < 1.29 is 9.13 Å². The Morgan fingerprint density at radius 3 is 2.75 bits per heavy atom. The van der Waals surface area contributed by atoms with Crippen LogP contribution in [0.2, 0.25) is 0 Å². The van der Waals surface area contributed by atoms with Crippen LogP contribution in [0.3, 0.4) is 0 Å². The maximum absolute atomic E-state index is 12.7. The molecule has 2 atom stereocenters. The molecule has 1 N–H and O–H groups in total. The molecule has 16 heavy (non-hydrogen) atoms. The zero-order chi connectivity index (χ0) is 11.4. The molecule has 0 aromatic heterocycles. The molecule has 1 aromatic carbocycles. The number of nitrogens with one attached hydrogen (secondary N) is 1. The first kappa shape index (κ1) is 11.6. The second-order valence-corrected chi connectivity index (χ2v) is 4.38. The van der Waals surface area contributed by atoms with Crippen molar-refractivity contribution in [2.75, 3.05) is 13.2 Å². The van der Waals surface area contributed by atoms with Crippen LogP contribution in [0.25, 0.3) is 0 Å². The molecular formula is C13H18FNO. The lowest BCUT2D eigenvalue weighted by atomic mass is 10.0. The molecule has 1 fully saturated rings. The SMILES string of the molecule is CC1OCCC1CNCc1ccc(F)cc1. The molecule has 0 radical (unpaired) electrons. The van der Waals surface area contributed by atoms with Crippen molar-refractivity contribution in [2.24, 2.45) is 5.92 Å². The molecule has 3 heteroatoms. The zero-order valence-corrected chi connectivity index (χ0v) is 9.58. The molecule has 0 spiro atoms. The van der Waals surface area contributed by atoms with Crippen molar-refractivity contribution in [3.8, 4) is 0 Å². The summed E-state index contributed by atoms with van der Waals surface area (Å²) in [6.07, 6.45) is 1.50. The van der Waals surface area contributed by atoms with Gasteiger partial charge in [0, 0.05) is 19.7 Å². The summed E-state index contributed by atoms with van der Waals surface area (Å²) in [5.74, 6) is 0.432. The summed E-state index contributed by atoms with van der Waals surface area (Å²) in [5.41, 5.74) is 1.12. The average molecular weight is 223 g/mol. The van der Waals surface area contributed by atoms with Crippen molar-refractivity contribution >= 4 is 0 Å². The highest BCUT2D eigenvalue weighted by molar-refractivity contribution is 5.15. The third-order valence-electron chi connectivity index (χ3n) is 3.18. The van der Waals surface area contributed by atoms with Crippen molar-refractivity contribution in [1.29, 1.82) is 0 Å². The van der Waals surface area contributed by atoms with Crippen LogP contribution in [0.5, 0.6) is 0 Å². The van der Waals surface area contributed by atoms with Gasteiger partial charge in [-0.05, 0) is 37.0 Å². The van der Waals surface area contributed by atoms with Crippen molar-refractivity contribution in [3.63, 3.8) is 0 Å². The smallest absolute Gasteiger partial charge is 0.123 e. The highest BCUT2D eigenvalue weighted by Crippen LogP contribution is 2.19. The van der Waals surface area contributed by atoms with Crippen LogP contribution in [0.15, 0.2) is 24.3 Å². The molecule has 1 aliphatic rings. The molecule has 1 saturated heterocycles. The standard InChI is InChI=1S/C13H18FNO/c1-10-12(6-7-16-10)9-15-8-11-2-4-13(14)5-3-11/h2-5,10,12,15H,6-9H2,1H3. The molecule has 0 amide bonds. The first-order valence-electron chi connectivity index (χ1n) is 5.82. The van der Waals surface area contributed by atoms with E-state index in [4.69, 9.17) is 4.74 Å². The van der Waals surface area contributed by atoms with Gasteiger partial charge in [0.2, 0.25) is 0 Å². The first-order valence-corrected chi connectivity index (χ1v) is 5.82. The van der Waals surface area contributed by atoms with Crippen LogP contribution in [0, 0.1) is 11.7 Å². The van der Waals surface area contributed by atoms with Gasteiger partial charge in [-0.25, -0.2) is 4.39 Å². The Labute approximate surface area is 95.8 Å². The Hall–Kier alpha value is -0.930. The first-order chi connectivity index (χ1) is 7.75. The number of ether oxygens (including phenoxy) is 1. The molecule has 2 rings (SSSR count). The van der Waals surface area contributed by atoms with Gasteiger partial charge in [0.1, 0.15) is 5.82 Å². The fraction of sp³-hybridized carbons (Fsp3) is 0.538. The van der Waals surface area contributed by atoms with E-state index in [1.165, 1.54) is 12.1 Å². The molecule has 88 valence electrons. The largest absolute Gasteiger partial charge is 0.378 e. The van der Waals surface area contributed by atoms with E-state index in [1.54, 1.807) is 0 Å². The van der Waals surface area contributed by atoms with Gasteiger partial charge in [-0.1, -0.05) is 12.1 Å². The van der Waals surface area contributed by atoms with E-state index in [9.17, 15) is 4.39 Å². The van der Waals surface area contributed by atoms with Gasteiger partial charge in [-0.3, -0.25) is 0 Å². The Morgan fingerprint density at radius 1 is 1.38 bits per heavy atom. The Balaban J connectivity index is 1.73. The maximum Gasteiger partial charge on any atom is 0.123 e. The molecule has 0 bridgehead atoms. The lowest BCUT2D eigenvalue weighted by Gasteiger charge is -2.14. The molecular weight excluding hydrogens is 205 g/mol. The topological polar surface area (TPSA) is 21.3 Å². The summed E-state index contributed by atoms with van der Waals surface area (Å²) < 4.78 is 18.2. The van der Waals surface area contributed by atoms with E-state index in [2.05, 4.69) is 12.2 Å². The van der Waals surface area contributed by atoms with Gasteiger partial charge in [0.15, 0.2) is 0 Å². The monoisotopic (exact) mass is 223 g/mol. The molecule has 0 aliphatic carbocycles. The summed E-state index contributed by atoms with van der Waals surface area (Å²) in [6.45, 7) is 4.77. The number of rotatable bonds is 4. The average Bonchev–Trinajstić information content (AvgIpc) is 2.68. The maximum atomic E-state index is 12.7. The molecule has 1 heterocycles. The van der Waals surface area contributed by atoms with E-state index in [1.807, 2.05) is 12.1 Å².